The Kier molecular flexibility index (Phi) is 7.57. The van der Waals surface area contributed by atoms with Gasteiger partial charge in [-0.3, -0.25) is 14.6 Å². The number of carbonyl (C=O) groups excluding carboxylic acids is 2. The smallest absolute Gasteiger partial charge is 0.305 e. The lowest BCUT2D eigenvalue weighted by atomic mass is 10.0. The molecule has 0 saturated carbocycles. The van der Waals surface area contributed by atoms with E-state index in [1.54, 1.807) is 0 Å². The van der Waals surface area contributed by atoms with E-state index in [0.717, 1.165) is 47.8 Å². The maximum Gasteiger partial charge on any atom is 0.305 e. The quantitative estimate of drug-likeness (QED) is 0.543. The van der Waals surface area contributed by atoms with Crippen molar-refractivity contribution in [3.63, 3.8) is 0 Å². The van der Waals surface area contributed by atoms with E-state index in [1.165, 1.54) is 0 Å². The predicted molar refractivity (Wildman–Crippen MR) is 103 cm³/mol. The van der Waals surface area contributed by atoms with Crippen molar-refractivity contribution in [2.45, 2.75) is 52.9 Å². The fourth-order valence-corrected chi connectivity index (χ4v) is 2.94. The number of aryl methyl sites for hydroxylation is 2. The predicted octanol–water partition coefficient (Wildman–Crippen LogP) is 4.10. The molecule has 1 heterocycles. The largest absolute Gasteiger partial charge is 0.466 e. The van der Waals surface area contributed by atoms with Gasteiger partial charge in [-0.05, 0) is 51.8 Å². The molecule has 0 aliphatic carbocycles. The summed E-state index contributed by atoms with van der Waals surface area (Å²) in [6.07, 6.45) is 4.15. The van der Waals surface area contributed by atoms with Crippen LogP contribution in [-0.4, -0.2) is 30.0 Å². The summed E-state index contributed by atoms with van der Waals surface area (Å²) in [5.74, 6) is -0.186. The molecule has 26 heavy (non-hydrogen) atoms. The van der Waals surface area contributed by atoms with Crippen molar-refractivity contribution < 1.29 is 14.3 Å². The van der Waals surface area contributed by atoms with Gasteiger partial charge < -0.3 is 10.1 Å². The van der Waals surface area contributed by atoms with Crippen molar-refractivity contribution in [1.82, 2.24) is 10.3 Å². The summed E-state index contributed by atoms with van der Waals surface area (Å²) in [6.45, 7) is 6.80. The minimum absolute atomic E-state index is 0.0578. The molecule has 2 rings (SSSR count). The topological polar surface area (TPSA) is 68.3 Å². The molecule has 5 nitrogen and oxygen atoms in total. The average Bonchev–Trinajstić information content (AvgIpc) is 2.60. The molecule has 0 aliphatic rings. The summed E-state index contributed by atoms with van der Waals surface area (Å²) >= 11 is 0. The zero-order valence-electron chi connectivity index (χ0n) is 15.9. The number of nitrogens with one attached hydrogen (secondary N) is 1. The van der Waals surface area contributed by atoms with Crippen LogP contribution in [0.25, 0.3) is 10.9 Å². The molecule has 0 aliphatic heterocycles. The fourth-order valence-electron chi connectivity index (χ4n) is 2.94. The Balaban J connectivity index is 1.81. The number of aromatic nitrogens is 1. The van der Waals surface area contributed by atoms with Crippen molar-refractivity contribution in [3.8, 4) is 0 Å². The van der Waals surface area contributed by atoms with Crippen LogP contribution in [0.1, 0.15) is 60.6 Å². The molecule has 0 saturated heterocycles. The molecule has 1 aromatic heterocycles. The van der Waals surface area contributed by atoms with Gasteiger partial charge in [-0.15, -0.1) is 0 Å². The van der Waals surface area contributed by atoms with Crippen LogP contribution < -0.4 is 5.32 Å². The minimum atomic E-state index is -0.129. The van der Waals surface area contributed by atoms with Crippen LogP contribution in [0.5, 0.6) is 0 Å². The van der Waals surface area contributed by atoms with Crippen LogP contribution in [0, 0.1) is 13.8 Å². The number of benzene rings is 1. The van der Waals surface area contributed by atoms with E-state index in [1.807, 2.05) is 45.0 Å². The van der Waals surface area contributed by atoms with Crippen molar-refractivity contribution in [2.75, 3.05) is 13.2 Å². The number of rotatable bonds is 9. The first-order valence-electron chi connectivity index (χ1n) is 9.33. The zero-order valence-corrected chi connectivity index (χ0v) is 15.9. The zero-order chi connectivity index (χ0) is 18.9. The Labute approximate surface area is 155 Å². The van der Waals surface area contributed by atoms with Gasteiger partial charge in [0, 0.05) is 24.0 Å². The van der Waals surface area contributed by atoms with E-state index in [-0.39, 0.29) is 11.9 Å². The Morgan fingerprint density at radius 3 is 2.62 bits per heavy atom. The minimum Gasteiger partial charge on any atom is -0.466 e. The standard InChI is InChI=1S/C21H28N2O3/c1-4-26-20(24)9-7-5-6-8-12-22-21(25)18-14-16(3)23-19-11-10-15(2)13-17(18)19/h10-11,13-14H,4-9,12H2,1-3H3,(H,22,25). The van der Waals surface area contributed by atoms with Crippen molar-refractivity contribution in [3.05, 3.63) is 41.1 Å². The third kappa shape index (κ3) is 5.83. The van der Waals surface area contributed by atoms with E-state index >= 15 is 0 Å². The number of hydrogen-bond acceptors (Lipinski definition) is 4. The average molecular weight is 356 g/mol. The molecule has 140 valence electrons. The fraction of sp³-hybridized carbons (Fsp3) is 0.476. The summed E-state index contributed by atoms with van der Waals surface area (Å²) in [5.41, 5.74) is 3.47. The van der Waals surface area contributed by atoms with E-state index in [0.29, 0.717) is 25.1 Å². The van der Waals surface area contributed by atoms with Gasteiger partial charge in [-0.1, -0.05) is 24.5 Å². The van der Waals surface area contributed by atoms with Crippen LogP contribution in [0.15, 0.2) is 24.3 Å². The number of unbranched alkanes of at least 4 members (excludes halogenated alkanes) is 3. The normalized spacial score (nSPS) is 10.7. The maximum atomic E-state index is 12.6. The lowest BCUT2D eigenvalue weighted by Gasteiger charge is -2.10. The number of nitrogens with zero attached hydrogens (tertiary/aromatic N) is 1. The van der Waals surface area contributed by atoms with Crippen LogP contribution in [0.3, 0.4) is 0 Å². The molecule has 0 radical (unpaired) electrons. The Morgan fingerprint density at radius 2 is 1.85 bits per heavy atom. The van der Waals surface area contributed by atoms with Crippen molar-refractivity contribution >= 4 is 22.8 Å². The number of carbonyl (C=O) groups is 2. The molecule has 0 atom stereocenters. The second kappa shape index (κ2) is 9.90. The molecular weight excluding hydrogens is 328 g/mol. The Bertz CT molecular complexity index is 771. The molecule has 0 spiro atoms. The highest BCUT2D eigenvalue weighted by molar-refractivity contribution is 6.06. The first kappa shape index (κ1) is 19.9. The number of ether oxygens (including phenoxy) is 1. The molecule has 1 N–H and O–H groups in total. The number of amides is 1. The third-order valence-corrected chi connectivity index (χ3v) is 4.24. The van der Waals surface area contributed by atoms with Crippen molar-refractivity contribution in [1.29, 1.82) is 0 Å². The van der Waals surface area contributed by atoms with Gasteiger partial charge in [-0.2, -0.15) is 0 Å². The molecule has 5 heteroatoms. The number of esters is 1. The first-order chi connectivity index (χ1) is 12.5. The van der Waals surface area contributed by atoms with E-state index in [2.05, 4.69) is 10.3 Å². The van der Waals surface area contributed by atoms with Gasteiger partial charge in [0.25, 0.3) is 5.91 Å². The summed E-state index contributed by atoms with van der Waals surface area (Å²) in [4.78, 5) is 28.3. The second-order valence-corrected chi connectivity index (χ2v) is 6.56. The molecule has 0 bridgehead atoms. The van der Waals surface area contributed by atoms with Gasteiger partial charge >= 0.3 is 5.97 Å². The van der Waals surface area contributed by atoms with Crippen LogP contribution >= 0.6 is 0 Å². The van der Waals surface area contributed by atoms with Gasteiger partial charge in [-0.25, -0.2) is 0 Å². The maximum absolute atomic E-state index is 12.6. The van der Waals surface area contributed by atoms with Crippen LogP contribution in [0.4, 0.5) is 0 Å². The second-order valence-electron chi connectivity index (χ2n) is 6.56. The molecule has 0 fully saturated rings. The summed E-state index contributed by atoms with van der Waals surface area (Å²) in [6, 6.07) is 7.81. The third-order valence-electron chi connectivity index (χ3n) is 4.24. The first-order valence-corrected chi connectivity index (χ1v) is 9.33. The summed E-state index contributed by atoms with van der Waals surface area (Å²) in [5, 5.41) is 3.89. The molecule has 0 unspecified atom stereocenters. The van der Waals surface area contributed by atoms with Gasteiger partial charge in [0.2, 0.25) is 0 Å². The lowest BCUT2D eigenvalue weighted by Crippen LogP contribution is -2.25. The highest BCUT2D eigenvalue weighted by Gasteiger charge is 2.12. The van der Waals surface area contributed by atoms with Crippen molar-refractivity contribution in [2.24, 2.45) is 0 Å². The number of hydrogen-bond donors (Lipinski definition) is 1. The van der Waals surface area contributed by atoms with Gasteiger partial charge in [0.05, 0.1) is 17.7 Å². The summed E-state index contributed by atoms with van der Waals surface area (Å²) in [7, 11) is 0. The van der Waals surface area contributed by atoms with Crippen LogP contribution in [0.2, 0.25) is 0 Å². The monoisotopic (exact) mass is 356 g/mol. The number of fused-ring (bicyclic) bond motifs is 1. The molecular formula is C21H28N2O3. The lowest BCUT2D eigenvalue weighted by molar-refractivity contribution is -0.143. The Morgan fingerprint density at radius 1 is 1.08 bits per heavy atom. The Hall–Kier alpha value is -2.43. The van der Waals surface area contributed by atoms with E-state index in [9.17, 15) is 9.59 Å². The summed E-state index contributed by atoms with van der Waals surface area (Å²) < 4.78 is 4.90. The van der Waals surface area contributed by atoms with E-state index < -0.39 is 0 Å². The van der Waals surface area contributed by atoms with Gasteiger partial charge in [0.15, 0.2) is 0 Å². The molecule has 1 amide bonds. The number of pyridine rings is 1. The van der Waals surface area contributed by atoms with Gasteiger partial charge in [0.1, 0.15) is 0 Å². The highest BCUT2D eigenvalue weighted by atomic mass is 16.5. The van der Waals surface area contributed by atoms with Crippen LogP contribution in [-0.2, 0) is 9.53 Å². The molecule has 2 aromatic rings. The SMILES string of the molecule is CCOC(=O)CCCCCCNC(=O)c1cc(C)nc2ccc(C)cc12. The van der Waals surface area contributed by atoms with E-state index in [4.69, 9.17) is 4.74 Å². The highest BCUT2D eigenvalue weighted by Crippen LogP contribution is 2.20. The molecule has 1 aromatic carbocycles.